The van der Waals surface area contributed by atoms with Gasteiger partial charge in [-0.15, -0.1) is 0 Å². The number of hydrogen-bond donors (Lipinski definition) is 2. The van der Waals surface area contributed by atoms with Gasteiger partial charge in [-0.1, -0.05) is 12.1 Å². The summed E-state index contributed by atoms with van der Waals surface area (Å²) in [6.07, 6.45) is 0. The molecule has 0 radical (unpaired) electrons. The van der Waals surface area contributed by atoms with Crippen molar-refractivity contribution in [1.29, 1.82) is 0 Å². The summed E-state index contributed by atoms with van der Waals surface area (Å²) in [6.45, 7) is 4.74. The highest BCUT2D eigenvalue weighted by Crippen LogP contribution is 2.19. The minimum absolute atomic E-state index is 0.0420. The van der Waals surface area contributed by atoms with Crippen molar-refractivity contribution in [3.8, 4) is 5.75 Å². The molecular formula is C15H19NO4. The lowest BCUT2D eigenvalue weighted by Crippen LogP contribution is -2.28. The number of nitrogens with one attached hydrogen (secondary N) is 1. The molecule has 0 aliphatic carbocycles. The minimum Gasteiger partial charge on any atom is -0.497 e. The number of aliphatic carboxylic acids is 1. The zero-order chi connectivity index (χ0) is 15.3. The molecule has 0 fully saturated rings. The second-order valence-electron chi connectivity index (χ2n) is 4.53. The number of benzene rings is 1. The van der Waals surface area contributed by atoms with Crippen LogP contribution in [0.5, 0.6) is 5.75 Å². The summed E-state index contributed by atoms with van der Waals surface area (Å²) in [7, 11) is 1.57. The third kappa shape index (κ3) is 3.85. The molecule has 5 nitrogen and oxygen atoms in total. The third-order valence-corrected chi connectivity index (χ3v) is 3.17. The zero-order valence-electron chi connectivity index (χ0n) is 12.1. The van der Waals surface area contributed by atoms with E-state index in [4.69, 9.17) is 9.84 Å². The monoisotopic (exact) mass is 277 g/mol. The van der Waals surface area contributed by atoms with Crippen LogP contribution in [0, 0.1) is 0 Å². The summed E-state index contributed by atoms with van der Waals surface area (Å²) in [4.78, 5) is 22.8. The number of amides is 1. The first-order valence-corrected chi connectivity index (χ1v) is 6.22. The van der Waals surface area contributed by atoms with Crippen LogP contribution >= 0.6 is 0 Å². The fraction of sp³-hybridized carbons (Fsp3) is 0.333. The van der Waals surface area contributed by atoms with E-state index in [1.165, 1.54) is 13.8 Å². The smallest absolute Gasteiger partial charge is 0.331 e. The summed E-state index contributed by atoms with van der Waals surface area (Å²) < 4.78 is 5.13. The van der Waals surface area contributed by atoms with E-state index in [1.807, 2.05) is 31.2 Å². The first-order valence-electron chi connectivity index (χ1n) is 6.22. The van der Waals surface area contributed by atoms with Gasteiger partial charge in [0.2, 0.25) is 5.91 Å². The van der Waals surface area contributed by atoms with E-state index in [0.29, 0.717) is 5.75 Å². The SMILES string of the molecule is COc1cccc([C@H](C)NC(=O)/C(C)=C(/C)C(=O)O)c1. The van der Waals surface area contributed by atoms with Crippen molar-refractivity contribution >= 4 is 11.9 Å². The van der Waals surface area contributed by atoms with Gasteiger partial charge < -0.3 is 15.2 Å². The molecule has 20 heavy (non-hydrogen) atoms. The van der Waals surface area contributed by atoms with E-state index in [1.54, 1.807) is 7.11 Å². The summed E-state index contributed by atoms with van der Waals surface area (Å²) in [6, 6.07) is 7.11. The average molecular weight is 277 g/mol. The van der Waals surface area contributed by atoms with E-state index in [-0.39, 0.29) is 23.1 Å². The van der Waals surface area contributed by atoms with Crippen LogP contribution in [-0.2, 0) is 9.59 Å². The van der Waals surface area contributed by atoms with Gasteiger partial charge in [-0.2, -0.15) is 0 Å². The van der Waals surface area contributed by atoms with E-state index in [2.05, 4.69) is 5.32 Å². The number of ether oxygens (including phenoxy) is 1. The molecule has 0 saturated heterocycles. The van der Waals surface area contributed by atoms with Gasteiger partial charge in [0.05, 0.1) is 13.2 Å². The minimum atomic E-state index is -1.09. The van der Waals surface area contributed by atoms with Crippen molar-refractivity contribution in [1.82, 2.24) is 5.32 Å². The molecule has 0 aromatic heterocycles. The Morgan fingerprint density at radius 1 is 1.25 bits per heavy atom. The Balaban J connectivity index is 2.85. The summed E-state index contributed by atoms with van der Waals surface area (Å²) >= 11 is 0. The van der Waals surface area contributed by atoms with Gasteiger partial charge in [-0.05, 0) is 38.5 Å². The molecule has 1 amide bonds. The van der Waals surface area contributed by atoms with Crippen LogP contribution in [0.15, 0.2) is 35.4 Å². The fourth-order valence-corrected chi connectivity index (χ4v) is 1.63. The van der Waals surface area contributed by atoms with Crippen LogP contribution in [0.1, 0.15) is 32.4 Å². The van der Waals surface area contributed by atoms with Crippen LogP contribution in [0.25, 0.3) is 0 Å². The number of methoxy groups -OCH3 is 1. The summed E-state index contributed by atoms with van der Waals surface area (Å²) in [5.74, 6) is -0.774. The molecule has 0 aliphatic rings. The van der Waals surface area contributed by atoms with Crippen LogP contribution in [0.2, 0.25) is 0 Å². The molecule has 0 aliphatic heterocycles. The van der Waals surface area contributed by atoms with Crippen LogP contribution in [0.3, 0.4) is 0 Å². The molecular weight excluding hydrogens is 258 g/mol. The molecule has 0 heterocycles. The van der Waals surface area contributed by atoms with Gasteiger partial charge in [0.15, 0.2) is 0 Å². The lowest BCUT2D eigenvalue weighted by atomic mass is 10.1. The van der Waals surface area contributed by atoms with Gasteiger partial charge in [0, 0.05) is 11.1 Å². The maximum absolute atomic E-state index is 12.0. The molecule has 5 heteroatoms. The van der Waals surface area contributed by atoms with Crippen LogP contribution in [-0.4, -0.2) is 24.1 Å². The number of carboxylic acid groups (broad SMARTS) is 1. The maximum atomic E-state index is 12.0. The molecule has 0 bridgehead atoms. The van der Waals surface area contributed by atoms with Gasteiger partial charge in [0.1, 0.15) is 5.75 Å². The maximum Gasteiger partial charge on any atom is 0.331 e. The lowest BCUT2D eigenvalue weighted by molar-refractivity contribution is -0.133. The van der Waals surface area contributed by atoms with Crippen molar-refractivity contribution in [3.05, 3.63) is 41.0 Å². The van der Waals surface area contributed by atoms with Crippen molar-refractivity contribution in [2.75, 3.05) is 7.11 Å². The van der Waals surface area contributed by atoms with Gasteiger partial charge >= 0.3 is 5.97 Å². The van der Waals surface area contributed by atoms with Crippen molar-refractivity contribution in [2.45, 2.75) is 26.8 Å². The third-order valence-electron chi connectivity index (χ3n) is 3.17. The molecule has 1 aromatic rings. The molecule has 0 unspecified atom stereocenters. The summed E-state index contributed by atoms with van der Waals surface area (Å²) in [5.41, 5.74) is 1.13. The van der Waals surface area contributed by atoms with E-state index < -0.39 is 5.97 Å². The Kier molecular flexibility index (Phi) is 5.32. The number of carboxylic acids is 1. The van der Waals surface area contributed by atoms with E-state index >= 15 is 0 Å². The molecule has 108 valence electrons. The number of rotatable bonds is 5. The number of hydrogen-bond acceptors (Lipinski definition) is 3. The van der Waals surface area contributed by atoms with Crippen molar-refractivity contribution < 1.29 is 19.4 Å². The Bertz CT molecular complexity index is 549. The highest BCUT2D eigenvalue weighted by Gasteiger charge is 2.15. The predicted octanol–water partition coefficient (Wildman–Crippen LogP) is 2.29. The number of carbonyl (C=O) groups is 2. The highest BCUT2D eigenvalue weighted by atomic mass is 16.5. The molecule has 0 spiro atoms. The fourth-order valence-electron chi connectivity index (χ4n) is 1.63. The van der Waals surface area contributed by atoms with Crippen LogP contribution < -0.4 is 10.1 Å². The van der Waals surface area contributed by atoms with Crippen molar-refractivity contribution in [3.63, 3.8) is 0 Å². The largest absolute Gasteiger partial charge is 0.497 e. The predicted molar refractivity (Wildman–Crippen MR) is 75.6 cm³/mol. The molecule has 0 saturated carbocycles. The number of carbonyl (C=O) groups excluding carboxylic acids is 1. The molecule has 2 N–H and O–H groups in total. The zero-order valence-corrected chi connectivity index (χ0v) is 12.1. The quantitative estimate of drug-likeness (QED) is 0.810. The molecule has 1 aromatic carbocycles. The Labute approximate surface area is 118 Å². The molecule has 1 rings (SSSR count). The van der Waals surface area contributed by atoms with Gasteiger partial charge in [-0.3, -0.25) is 4.79 Å². The topological polar surface area (TPSA) is 75.6 Å². The van der Waals surface area contributed by atoms with Crippen molar-refractivity contribution in [2.24, 2.45) is 0 Å². The summed E-state index contributed by atoms with van der Waals surface area (Å²) in [5, 5.41) is 11.6. The van der Waals surface area contributed by atoms with Gasteiger partial charge in [0.25, 0.3) is 0 Å². The first kappa shape index (κ1) is 15.8. The highest BCUT2D eigenvalue weighted by molar-refractivity contribution is 6.01. The Hall–Kier alpha value is -2.30. The standard InChI is InChI=1S/C15H19NO4/c1-9(10(2)15(18)19)14(17)16-11(3)12-6-5-7-13(8-12)20-4/h5-8,11H,1-4H3,(H,16,17)(H,18,19)/b10-9-/t11-/m0/s1. The Morgan fingerprint density at radius 2 is 1.90 bits per heavy atom. The average Bonchev–Trinajstić information content (AvgIpc) is 2.45. The van der Waals surface area contributed by atoms with Gasteiger partial charge in [-0.25, -0.2) is 4.79 Å². The second kappa shape index (κ2) is 6.75. The first-order chi connectivity index (χ1) is 9.36. The van der Waals surface area contributed by atoms with E-state index in [9.17, 15) is 9.59 Å². The van der Waals surface area contributed by atoms with E-state index in [0.717, 1.165) is 5.56 Å². The second-order valence-corrected chi connectivity index (χ2v) is 4.53. The Morgan fingerprint density at radius 3 is 2.45 bits per heavy atom. The molecule has 1 atom stereocenters. The lowest BCUT2D eigenvalue weighted by Gasteiger charge is -2.16. The van der Waals surface area contributed by atoms with Crippen LogP contribution in [0.4, 0.5) is 0 Å². The normalized spacial score (nSPS) is 13.2.